The van der Waals surface area contributed by atoms with Gasteiger partial charge in [-0.2, -0.15) is 0 Å². The Morgan fingerprint density at radius 3 is 2.34 bits per heavy atom. The summed E-state index contributed by atoms with van der Waals surface area (Å²) >= 11 is 0. The maximum atomic E-state index is 14.1. The van der Waals surface area contributed by atoms with E-state index in [4.69, 9.17) is 9.47 Å². The van der Waals surface area contributed by atoms with E-state index in [1.807, 2.05) is 13.0 Å². The highest BCUT2D eigenvalue weighted by atomic mass is 16.5. The molecular formula is C42H59N5O9. The van der Waals surface area contributed by atoms with Crippen molar-refractivity contribution in [1.29, 1.82) is 0 Å². The molecule has 2 aliphatic rings. The van der Waals surface area contributed by atoms with Crippen molar-refractivity contribution in [3.63, 3.8) is 0 Å². The van der Waals surface area contributed by atoms with Gasteiger partial charge in [0, 0.05) is 26.9 Å². The first-order chi connectivity index (χ1) is 27.0. The number of hydrogen-bond acceptors (Lipinski definition) is 9. The summed E-state index contributed by atoms with van der Waals surface area (Å²) < 4.78 is 11.9. The van der Waals surface area contributed by atoms with Crippen LogP contribution in [0, 0.1) is 5.92 Å². The molecule has 2 aromatic rings. The van der Waals surface area contributed by atoms with Crippen LogP contribution in [-0.2, 0) is 39.9 Å². The zero-order chi connectivity index (χ0) is 40.5. The molecule has 1 aliphatic heterocycles. The van der Waals surface area contributed by atoms with Gasteiger partial charge >= 0.3 is 5.97 Å². The van der Waals surface area contributed by atoms with Crippen molar-refractivity contribution < 1.29 is 43.3 Å². The quantitative estimate of drug-likeness (QED) is 0.201. The Morgan fingerprint density at radius 1 is 0.911 bits per heavy atom. The first kappa shape index (κ1) is 43.7. The summed E-state index contributed by atoms with van der Waals surface area (Å²) in [6, 6.07) is 12.8. The van der Waals surface area contributed by atoms with Crippen molar-refractivity contribution in [3.05, 3.63) is 65.7 Å². The number of ether oxygens (including phenoxy) is 2. The number of rotatable bonds is 12. The molecule has 2 aromatic carbocycles. The van der Waals surface area contributed by atoms with Gasteiger partial charge in [-0.05, 0) is 61.3 Å². The smallest absolute Gasteiger partial charge is 0.329 e. The van der Waals surface area contributed by atoms with Crippen molar-refractivity contribution >= 4 is 35.5 Å². The number of hydrogen-bond donors (Lipinski definition) is 5. The minimum Gasteiger partial charge on any atom is -0.494 e. The molecule has 0 spiro atoms. The number of nitrogens with zero attached hydrogens (tertiary/aromatic N) is 1. The molecule has 2 bridgehead atoms. The first-order valence-corrected chi connectivity index (χ1v) is 20.0. The van der Waals surface area contributed by atoms with Crippen LogP contribution >= 0.6 is 0 Å². The topological polar surface area (TPSA) is 192 Å². The summed E-state index contributed by atoms with van der Waals surface area (Å²) in [7, 11) is 3.13. The number of amides is 5. The van der Waals surface area contributed by atoms with Gasteiger partial charge in [-0.3, -0.25) is 24.0 Å². The van der Waals surface area contributed by atoms with E-state index >= 15 is 0 Å². The van der Waals surface area contributed by atoms with E-state index in [-0.39, 0.29) is 37.0 Å². The second kappa shape index (κ2) is 22.5. The fourth-order valence-electron chi connectivity index (χ4n) is 7.14. The summed E-state index contributed by atoms with van der Waals surface area (Å²) in [5.74, 6) is -3.15. The van der Waals surface area contributed by atoms with Gasteiger partial charge in [0.15, 0.2) is 12.2 Å². The van der Waals surface area contributed by atoms with Gasteiger partial charge in [0.2, 0.25) is 17.7 Å². The van der Waals surface area contributed by atoms with Gasteiger partial charge < -0.3 is 40.7 Å². The summed E-state index contributed by atoms with van der Waals surface area (Å²) in [4.78, 5) is 81.5. The van der Waals surface area contributed by atoms with Crippen molar-refractivity contribution in [2.24, 2.45) is 5.92 Å². The van der Waals surface area contributed by atoms with Gasteiger partial charge in [-0.25, -0.2) is 4.79 Å². The lowest BCUT2D eigenvalue weighted by Crippen LogP contribution is -2.55. The predicted octanol–water partition coefficient (Wildman–Crippen LogP) is 3.26. The average molecular weight is 778 g/mol. The van der Waals surface area contributed by atoms with Crippen LogP contribution in [0.4, 0.5) is 0 Å². The highest BCUT2D eigenvalue weighted by Crippen LogP contribution is 2.28. The summed E-state index contributed by atoms with van der Waals surface area (Å²) in [5, 5.41) is 21.9. The molecule has 5 N–H and O–H groups in total. The molecule has 14 nitrogen and oxygen atoms in total. The van der Waals surface area contributed by atoms with E-state index in [0.29, 0.717) is 36.3 Å². The minimum absolute atomic E-state index is 0.0321. The lowest BCUT2D eigenvalue weighted by molar-refractivity contribution is -0.161. The molecular weight excluding hydrogens is 718 g/mol. The van der Waals surface area contributed by atoms with Gasteiger partial charge in [0.05, 0.1) is 19.2 Å². The van der Waals surface area contributed by atoms with Gasteiger partial charge in [0.1, 0.15) is 17.8 Å². The fraction of sp³-hybridized carbons (Fsp3) is 0.571. The highest BCUT2D eigenvalue weighted by Gasteiger charge is 2.37. The van der Waals surface area contributed by atoms with Crippen molar-refractivity contribution in [3.8, 4) is 5.75 Å². The number of aliphatic hydroxyl groups is 1. The number of likely N-dealkylation sites (N-methyl/N-ethyl adjacent to an activating group) is 1. The third-order valence-corrected chi connectivity index (χ3v) is 10.3. The van der Waals surface area contributed by atoms with E-state index in [1.54, 1.807) is 62.6 Å². The Kier molecular flexibility index (Phi) is 17.6. The second-order valence-electron chi connectivity index (χ2n) is 14.9. The number of carbonyl (C=O) groups is 6. The van der Waals surface area contributed by atoms with Crippen molar-refractivity contribution in [2.45, 2.75) is 121 Å². The number of aliphatic hydroxyl groups excluding tert-OH is 1. The summed E-state index contributed by atoms with van der Waals surface area (Å²) in [6.45, 7) is 1.76. The largest absolute Gasteiger partial charge is 0.494 e. The first-order valence-electron chi connectivity index (χ1n) is 20.0. The monoisotopic (exact) mass is 777 g/mol. The zero-order valence-electron chi connectivity index (χ0n) is 32.9. The normalized spacial score (nSPS) is 20.4. The predicted molar refractivity (Wildman–Crippen MR) is 209 cm³/mol. The molecule has 0 radical (unpaired) electrons. The zero-order valence-corrected chi connectivity index (χ0v) is 32.9. The van der Waals surface area contributed by atoms with Crippen LogP contribution in [0.5, 0.6) is 5.75 Å². The van der Waals surface area contributed by atoms with Crippen LogP contribution in [0.1, 0.15) is 101 Å². The minimum atomic E-state index is -1.77. The maximum Gasteiger partial charge on any atom is 0.329 e. The number of fused-ring (bicyclic) bond motifs is 2. The Hall–Kier alpha value is -4.98. The highest BCUT2D eigenvalue weighted by molar-refractivity contribution is 5.92. The fourth-order valence-corrected chi connectivity index (χ4v) is 7.14. The molecule has 1 saturated carbocycles. The van der Waals surface area contributed by atoms with Gasteiger partial charge in [-0.15, -0.1) is 0 Å². The van der Waals surface area contributed by atoms with Crippen LogP contribution in [-0.4, -0.2) is 97.1 Å². The molecule has 5 amide bonds. The van der Waals surface area contributed by atoms with E-state index in [0.717, 1.165) is 51.4 Å². The van der Waals surface area contributed by atoms with Crippen molar-refractivity contribution in [1.82, 2.24) is 26.2 Å². The van der Waals surface area contributed by atoms with Crippen LogP contribution in [0.15, 0.2) is 54.6 Å². The third-order valence-electron chi connectivity index (χ3n) is 10.3. The molecule has 1 aliphatic carbocycles. The van der Waals surface area contributed by atoms with Gasteiger partial charge in [0.25, 0.3) is 11.8 Å². The van der Waals surface area contributed by atoms with E-state index < -0.39 is 60.6 Å². The summed E-state index contributed by atoms with van der Waals surface area (Å²) in [6.07, 6.45) is 5.34. The molecule has 1 heterocycles. The molecule has 4 unspecified atom stereocenters. The van der Waals surface area contributed by atoms with E-state index in [2.05, 4.69) is 21.3 Å². The molecule has 0 saturated heterocycles. The Bertz CT molecular complexity index is 1610. The second-order valence-corrected chi connectivity index (χ2v) is 14.9. The van der Waals surface area contributed by atoms with Crippen molar-refractivity contribution in [2.75, 3.05) is 27.2 Å². The van der Waals surface area contributed by atoms with Gasteiger partial charge in [-0.1, -0.05) is 87.9 Å². The number of cyclic esters (lactones) is 1. The molecule has 0 aromatic heterocycles. The molecule has 56 heavy (non-hydrogen) atoms. The lowest BCUT2D eigenvalue weighted by atomic mass is 9.83. The molecule has 14 heteroatoms. The van der Waals surface area contributed by atoms with Crippen LogP contribution in [0.3, 0.4) is 0 Å². The third kappa shape index (κ3) is 13.6. The van der Waals surface area contributed by atoms with Crippen LogP contribution < -0.4 is 26.0 Å². The molecule has 4 rings (SSSR count). The Morgan fingerprint density at radius 2 is 1.62 bits per heavy atom. The number of nitrogens with one attached hydrogen (secondary N) is 4. The average Bonchev–Trinajstić information content (AvgIpc) is 3.20. The molecule has 306 valence electrons. The van der Waals surface area contributed by atoms with E-state index in [9.17, 15) is 33.9 Å². The molecule has 5 atom stereocenters. The van der Waals surface area contributed by atoms with Crippen LogP contribution in [0.25, 0.3) is 0 Å². The molecule has 1 fully saturated rings. The van der Waals surface area contributed by atoms with E-state index in [1.165, 1.54) is 4.90 Å². The SMILES string of the molecule is CCCC(NC(=O)C1Cc2cccc(c2)OCCCCCCC(=O)NC(C2CCCCC2)C(=O)O1)C(O)C(=O)NCC(=O)N[C@H](C(=O)N(C)C)c1ccccc1. The number of benzene rings is 2. The van der Waals surface area contributed by atoms with Crippen LogP contribution in [0.2, 0.25) is 0 Å². The number of esters is 1. The summed E-state index contributed by atoms with van der Waals surface area (Å²) in [5.41, 5.74) is 1.22. The Balaban J connectivity index is 1.50. The number of carbonyl (C=O) groups excluding carboxylic acids is 6. The lowest BCUT2D eigenvalue weighted by Gasteiger charge is -2.31. The maximum absolute atomic E-state index is 14.1. The Labute approximate surface area is 329 Å². The standard InChI is InChI=1S/C42H59N5O9/c1-4-16-32(38(50)40(52)43-27-35(49)46-36(41(53)47(2)3)29-18-9-7-10-19-29)44-39(51)33-26-28-17-15-22-31(25-28)55-24-14-6-5-13-23-34(48)45-37(42(54)56-33)30-20-11-8-12-21-30/h7,9-10,15,17-19,22,25,30,32-33,36-38,50H,4-6,8,11-14,16,20-21,23-24,26-27H2,1-3H3,(H,43,52)(H,44,51)(H,45,48)(H,46,49)/t32?,33?,36-,37?,38?/m0/s1.